The zero-order valence-electron chi connectivity index (χ0n) is 8.53. The van der Waals surface area contributed by atoms with Gasteiger partial charge in [0.2, 0.25) is 0 Å². The lowest BCUT2D eigenvalue weighted by Crippen LogP contribution is -2.04. The third-order valence-electron chi connectivity index (χ3n) is 2.82. The summed E-state index contributed by atoms with van der Waals surface area (Å²) in [6.45, 7) is 0. The zero-order valence-corrected chi connectivity index (χ0v) is 10.1. The lowest BCUT2D eigenvalue weighted by atomic mass is 10.1. The van der Waals surface area contributed by atoms with Crippen LogP contribution in [-0.2, 0) is 16.0 Å². The minimum atomic E-state index is -0.0517. The van der Waals surface area contributed by atoms with Crippen molar-refractivity contribution in [3.05, 3.63) is 21.3 Å². The standard InChI is InChI=1S/C11H13ClO2S/c1-14-11(13)9-6-7(9)2-3-8-4-5-10(12)15-8/h4-5,7,9H,2-3,6H2,1H3. The number of ether oxygens (including phenoxy) is 1. The molecule has 1 aliphatic rings. The topological polar surface area (TPSA) is 26.3 Å². The van der Waals surface area contributed by atoms with Gasteiger partial charge in [0.25, 0.3) is 0 Å². The Balaban J connectivity index is 1.75. The van der Waals surface area contributed by atoms with E-state index >= 15 is 0 Å². The van der Waals surface area contributed by atoms with E-state index in [0.29, 0.717) is 5.92 Å². The summed E-state index contributed by atoms with van der Waals surface area (Å²) >= 11 is 7.46. The highest BCUT2D eigenvalue weighted by Crippen LogP contribution is 2.43. The van der Waals surface area contributed by atoms with Gasteiger partial charge in [-0.15, -0.1) is 11.3 Å². The predicted molar refractivity (Wildman–Crippen MR) is 61.3 cm³/mol. The second-order valence-electron chi connectivity index (χ2n) is 3.87. The SMILES string of the molecule is COC(=O)C1CC1CCc1ccc(Cl)s1. The number of hydrogen-bond acceptors (Lipinski definition) is 3. The first kappa shape index (κ1) is 11.0. The molecule has 82 valence electrons. The number of carbonyl (C=O) groups is 1. The maximum atomic E-state index is 11.2. The van der Waals surface area contributed by atoms with E-state index in [1.54, 1.807) is 11.3 Å². The molecule has 0 radical (unpaired) electrons. The van der Waals surface area contributed by atoms with Gasteiger partial charge in [0.05, 0.1) is 17.4 Å². The van der Waals surface area contributed by atoms with E-state index in [4.69, 9.17) is 16.3 Å². The molecule has 0 aliphatic heterocycles. The number of methoxy groups -OCH3 is 1. The summed E-state index contributed by atoms with van der Waals surface area (Å²) in [6, 6.07) is 3.98. The van der Waals surface area contributed by atoms with Gasteiger partial charge in [0.1, 0.15) is 0 Å². The number of halogens is 1. The molecule has 4 heteroatoms. The molecule has 2 atom stereocenters. The Hall–Kier alpha value is -0.540. The van der Waals surface area contributed by atoms with E-state index in [1.807, 2.05) is 6.07 Å². The quantitative estimate of drug-likeness (QED) is 0.761. The van der Waals surface area contributed by atoms with Crippen molar-refractivity contribution in [2.45, 2.75) is 19.3 Å². The van der Waals surface area contributed by atoms with Crippen LogP contribution in [0, 0.1) is 11.8 Å². The molecule has 1 aromatic rings. The van der Waals surface area contributed by atoms with Crippen LogP contribution in [0.2, 0.25) is 4.34 Å². The molecule has 1 aromatic heterocycles. The molecule has 0 spiro atoms. The monoisotopic (exact) mass is 244 g/mol. The lowest BCUT2D eigenvalue weighted by Gasteiger charge is -1.97. The molecule has 0 aromatic carbocycles. The van der Waals surface area contributed by atoms with Gasteiger partial charge in [-0.3, -0.25) is 4.79 Å². The van der Waals surface area contributed by atoms with E-state index < -0.39 is 0 Å². The second-order valence-corrected chi connectivity index (χ2v) is 5.67. The Morgan fingerprint density at radius 2 is 2.47 bits per heavy atom. The minimum Gasteiger partial charge on any atom is -0.469 e. The molecule has 1 saturated carbocycles. The van der Waals surface area contributed by atoms with Crippen LogP contribution in [0.25, 0.3) is 0 Å². The summed E-state index contributed by atoms with van der Waals surface area (Å²) in [5.74, 6) is 0.632. The normalized spacial score (nSPS) is 23.9. The summed E-state index contributed by atoms with van der Waals surface area (Å²) in [5, 5.41) is 0. The highest BCUT2D eigenvalue weighted by Gasteiger charge is 2.43. The third-order valence-corrected chi connectivity index (χ3v) is 4.11. The van der Waals surface area contributed by atoms with Crippen molar-refractivity contribution < 1.29 is 9.53 Å². The summed E-state index contributed by atoms with van der Waals surface area (Å²) in [5.41, 5.74) is 0. The Kier molecular flexibility index (Phi) is 3.32. The van der Waals surface area contributed by atoms with Gasteiger partial charge < -0.3 is 4.74 Å². The van der Waals surface area contributed by atoms with Crippen LogP contribution in [0.5, 0.6) is 0 Å². The molecule has 2 unspecified atom stereocenters. The average molecular weight is 245 g/mol. The summed E-state index contributed by atoms with van der Waals surface area (Å²) in [7, 11) is 1.46. The number of aryl methyl sites for hydroxylation is 1. The fourth-order valence-corrected chi connectivity index (χ4v) is 2.92. The van der Waals surface area contributed by atoms with Crippen molar-refractivity contribution in [1.29, 1.82) is 0 Å². The Bertz CT molecular complexity index is 361. The summed E-state index contributed by atoms with van der Waals surface area (Å²) in [4.78, 5) is 12.5. The van der Waals surface area contributed by atoms with Crippen LogP contribution >= 0.6 is 22.9 Å². The smallest absolute Gasteiger partial charge is 0.308 e. The van der Waals surface area contributed by atoms with Crippen LogP contribution in [0.3, 0.4) is 0 Å². The molecular weight excluding hydrogens is 232 g/mol. The number of thiophene rings is 1. The molecule has 0 N–H and O–H groups in total. The van der Waals surface area contributed by atoms with E-state index in [1.165, 1.54) is 12.0 Å². The first-order valence-corrected chi connectivity index (χ1v) is 6.22. The van der Waals surface area contributed by atoms with E-state index in [0.717, 1.165) is 23.6 Å². The Morgan fingerprint density at radius 3 is 3.07 bits per heavy atom. The molecular formula is C11H13ClO2S. The average Bonchev–Trinajstić information content (AvgIpc) is 2.90. The zero-order chi connectivity index (χ0) is 10.8. The molecule has 1 aliphatic carbocycles. The van der Waals surface area contributed by atoms with Gasteiger partial charge >= 0.3 is 5.97 Å². The van der Waals surface area contributed by atoms with Gasteiger partial charge in [0.15, 0.2) is 0 Å². The molecule has 1 fully saturated rings. The summed E-state index contributed by atoms with van der Waals surface area (Å²) in [6.07, 6.45) is 3.08. The third kappa shape index (κ3) is 2.73. The molecule has 0 amide bonds. The number of hydrogen-bond donors (Lipinski definition) is 0. The lowest BCUT2D eigenvalue weighted by molar-refractivity contribution is -0.142. The van der Waals surface area contributed by atoms with Crippen molar-refractivity contribution in [2.75, 3.05) is 7.11 Å². The van der Waals surface area contributed by atoms with Crippen molar-refractivity contribution in [2.24, 2.45) is 11.8 Å². The fourth-order valence-electron chi connectivity index (χ4n) is 1.82. The number of rotatable bonds is 4. The first-order chi connectivity index (χ1) is 7.20. The molecule has 0 bridgehead atoms. The van der Waals surface area contributed by atoms with Crippen molar-refractivity contribution >= 4 is 28.9 Å². The number of carbonyl (C=O) groups excluding carboxylic acids is 1. The van der Waals surface area contributed by atoms with Crippen LogP contribution < -0.4 is 0 Å². The van der Waals surface area contributed by atoms with Gasteiger partial charge in [-0.1, -0.05) is 11.6 Å². The minimum absolute atomic E-state index is 0.0517. The largest absolute Gasteiger partial charge is 0.469 e. The van der Waals surface area contributed by atoms with Crippen LogP contribution in [-0.4, -0.2) is 13.1 Å². The number of esters is 1. The molecule has 1 heterocycles. The van der Waals surface area contributed by atoms with E-state index in [9.17, 15) is 4.79 Å². The molecule has 2 nitrogen and oxygen atoms in total. The predicted octanol–water partition coefficient (Wildman–Crippen LogP) is 3.14. The van der Waals surface area contributed by atoms with Gasteiger partial charge in [-0.05, 0) is 37.3 Å². The Labute approximate surface area is 98.2 Å². The maximum Gasteiger partial charge on any atom is 0.308 e. The van der Waals surface area contributed by atoms with E-state index in [2.05, 4.69) is 6.07 Å². The first-order valence-electron chi connectivity index (χ1n) is 5.02. The maximum absolute atomic E-state index is 11.2. The molecule has 0 saturated heterocycles. The van der Waals surface area contributed by atoms with Gasteiger partial charge in [0, 0.05) is 4.88 Å². The van der Waals surface area contributed by atoms with Crippen molar-refractivity contribution in [1.82, 2.24) is 0 Å². The van der Waals surface area contributed by atoms with Crippen LogP contribution in [0.15, 0.2) is 12.1 Å². The van der Waals surface area contributed by atoms with Crippen LogP contribution in [0.1, 0.15) is 17.7 Å². The van der Waals surface area contributed by atoms with Gasteiger partial charge in [-0.2, -0.15) is 0 Å². The highest BCUT2D eigenvalue weighted by molar-refractivity contribution is 7.16. The van der Waals surface area contributed by atoms with Crippen molar-refractivity contribution in [3.8, 4) is 0 Å². The fraction of sp³-hybridized carbons (Fsp3) is 0.545. The molecule has 15 heavy (non-hydrogen) atoms. The Morgan fingerprint density at radius 1 is 1.67 bits per heavy atom. The highest BCUT2D eigenvalue weighted by atomic mass is 35.5. The van der Waals surface area contributed by atoms with E-state index in [-0.39, 0.29) is 11.9 Å². The second kappa shape index (κ2) is 4.54. The molecule has 2 rings (SSSR count). The van der Waals surface area contributed by atoms with Crippen LogP contribution in [0.4, 0.5) is 0 Å². The van der Waals surface area contributed by atoms with Crippen molar-refractivity contribution in [3.63, 3.8) is 0 Å². The van der Waals surface area contributed by atoms with Gasteiger partial charge in [-0.25, -0.2) is 0 Å². The summed E-state index contributed by atoms with van der Waals surface area (Å²) < 4.78 is 5.54.